The van der Waals surface area contributed by atoms with E-state index in [1.165, 1.54) is 16.9 Å². The molecule has 0 saturated carbocycles. The van der Waals surface area contributed by atoms with Gasteiger partial charge in [0.2, 0.25) is 5.91 Å². The molecule has 0 atom stereocenters. The maximum Gasteiger partial charge on any atom is 0.226 e. The number of aromatic nitrogens is 1. The highest BCUT2D eigenvalue weighted by molar-refractivity contribution is 7.16. The summed E-state index contributed by atoms with van der Waals surface area (Å²) >= 11 is 3.11. The van der Waals surface area contributed by atoms with Crippen LogP contribution in [0.25, 0.3) is 10.6 Å². The Morgan fingerprint density at radius 3 is 2.71 bits per heavy atom. The normalized spacial score (nSPS) is 10.5. The Bertz CT molecular complexity index is 705. The smallest absolute Gasteiger partial charge is 0.226 e. The van der Waals surface area contributed by atoms with Gasteiger partial charge in [-0.1, -0.05) is 36.4 Å². The third-order valence-corrected chi connectivity index (χ3v) is 4.66. The summed E-state index contributed by atoms with van der Waals surface area (Å²) in [4.78, 5) is 17.5. The molecule has 106 valence electrons. The van der Waals surface area contributed by atoms with Crippen LogP contribution < -0.4 is 5.32 Å². The van der Waals surface area contributed by atoms with E-state index in [9.17, 15) is 4.79 Å². The van der Waals surface area contributed by atoms with E-state index in [1.54, 1.807) is 11.3 Å². The number of carbonyl (C=O) groups excluding carboxylic acids is 1. The van der Waals surface area contributed by atoms with E-state index in [2.05, 4.69) is 10.3 Å². The minimum Gasteiger partial charge on any atom is -0.302 e. The third-order valence-electron chi connectivity index (χ3n) is 3.01. The lowest BCUT2D eigenvalue weighted by Gasteiger charge is -2.02. The number of thiophene rings is 1. The topological polar surface area (TPSA) is 42.0 Å². The first-order valence-corrected chi connectivity index (χ1v) is 8.40. The van der Waals surface area contributed by atoms with E-state index in [-0.39, 0.29) is 5.91 Å². The molecule has 3 aromatic rings. The molecule has 0 fully saturated rings. The zero-order chi connectivity index (χ0) is 14.5. The second kappa shape index (κ2) is 6.65. The number of thiazole rings is 1. The average Bonchev–Trinajstić information content (AvgIpc) is 3.17. The molecule has 0 aliphatic rings. The van der Waals surface area contributed by atoms with Crippen LogP contribution in [-0.4, -0.2) is 10.9 Å². The van der Waals surface area contributed by atoms with Gasteiger partial charge in [0.15, 0.2) is 5.13 Å². The second-order valence-corrected chi connectivity index (χ2v) is 6.35. The van der Waals surface area contributed by atoms with Crippen LogP contribution in [0.2, 0.25) is 0 Å². The standard InChI is InChI=1S/C16H14N2OS2/c19-15(9-8-12-5-2-1-3-6-12)18-16-17-13(11-21-16)14-7-4-10-20-14/h1-7,10-11H,8-9H2,(H,17,18,19). The summed E-state index contributed by atoms with van der Waals surface area (Å²) in [5.41, 5.74) is 2.10. The number of benzene rings is 1. The predicted molar refractivity (Wildman–Crippen MR) is 88.8 cm³/mol. The molecule has 0 radical (unpaired) electrons. The van der Waals surface area contributed by atoms with Gasteiger partial charge in [-0.25, -0.2) is 4.98 Å². The summed E-state index contributed by atoms with van der Waals surface area (Å²) in [6, 6.07) is 14.0. The average molecular weight is 314 g/mol. The van der Waals surface area contributed by atoms with Gasteiger partial charge in [0.1, 0.15) is 0 Å². The van der Waals surface area contributed by atoms with Crippen molar-refractivity contribution in [3.05, 3.63) is 58.8 Å². The Balaban J connectivity index is 1.55. The number of anilines is 1. The number of amides is 1. The quantitative estimate of drug-likeness (QED) is 0.756. The molecule has 2 heterocycles. The van der Waals surface area contributed by atoms with Crippen LogP contribution >= 0.6 is 22.7 Å². The number of hydrogen-bond acceptors (Lipinski definition) is 4. The van der Waals surface area contributed by atoms with Crippen molar-refractivity contribution in [3.63, 3.8) is 0 Å². The van der Waals surface area contributed by atoms with E-state index in [0.29, 0.717) is 11.6 Å². The minimum atomic E-state index is 0.00549. The van der Waals surface area contributed by atoms with Crippen LogP contribution in [0.3, 0.4) is 0 Å². The molecule has 0 unspecified atom stereocenters. The first-order valence-electron chi connectivity index (χ1n) is 6.64. The van der Waals surface area contributed by atoms with E-state index in [0.717, 1.165) is 17.0 Å². The van der Waals surface area contributed by atoms with Gasteiger partial charge < -0.3 is 5.32 Å². The van der Waals surface area contributed by atoms with Gasteiger partial charge in [-0.3, -0.25) is 4.79 Å². The molecule has 3 rings (SSSR count). The zero-order valence-corrected chi connectivity index (χ0v) is 12.9. The number of rotatable bonds is 5. The SMILES string of the molecule is O=C(CCc1ccccc1)Nc1nc(-c2cccs2)cs1. The predicted octanol–water partition coefficient (Wildman–Crippen LogP) is 4.44. The lowest BCUT2D eigenvalue weighted by molar-refractivity contribution is -0.116. The molecule has 0 bridgehead atoms. The summed E-state index contributed by atoms with van der Waals surface area (Å²) < 4.78 is 0. The molecule has 1 N–H and O–H groups in total. The molecule has 0 saturated heterocycles. The van der Waals surface area contributed by atoms with Crippen molar-refractivity contribution in [3.8, 4) is 10.6 Å². The fourth-order valence-corrected chi connectivity index (χ4v) is 3.44. The van der Waals surface area contributed by atoms with Gasteiger partial charge in [-0.15, -0.1) is 22.7 Å². The van der Waals surface area contributed by atoms with Gasteiger partial charge in [-0.05, 0) is 23.4 Å². The fourth-order valence-electron chi connectivity index (χ4n) is 1.95. The maximum absolute atomic E-state index is 11.9. The summed E-state index contributed by atoms with van der Waals surface area (Å²) in [5, 5.41) is 7.52. The van der Waals surface area contributed by atoms with E-state index < -0.39 is 0 Å². The molecule has 1 amide bonds. The third kappa shape index (κ3) is 3.77. The molecule has 3 nitrogen and oxygen atoms in total. The Kier molecular flexibility index (Phi) is 4.43. The molecular formula is C16H14N2OS2. The number of hydrogen-bond donors (Lipinski definition) is 1. The summed E-state index contributed by atoms with van der Waals surface area (Å²) in [6.45, 7) is 0. The maximum atomic E-state index is 11.9. The number of aryl methyl sites for hydroxylation is 1. The highest BCUT2D eigenvalue weighted by Gasteiger charge is 2.08. The number of carbonyl (C=O) groups is 1. The molecule has 21 heavy (non-hydrogen) atoms. The molecule has 1 aromatic carbocycles. The van der Waals surface area contributed by atoms with Crippen LogP contribution in [0.15, 0.2) is 53.2 Å². The van der Waals surface area contributed by atoms with Crippen molar-refractivity contribution in [1.82, 2.24) is 4.98 Å². The van der Waals surface area contributed by atoms with E-state index in [4.69, 9.17) is 0 Å². The van der Waals surface area contributed by atoms with Crippen LogP contribution in [0.4, 0.5) is 5.13 Å². The van der Waals surface area contributed by atoms with Gasteiger partial charge in [0.05, 0.1) is 10.6 Å². The lowest BCUT2D eigenvalue weighted by atomic mass is 10.1. The molecule has 5 heteroatoms. The molecule has 0 aliphatic carbocycles. The van der Waals surface area contributed by atoms with Crippen molar-refractivity contribution in [1.29, 1.82) is 0 Å². The van der Waals surface area contributed by atoms with Gasteiger partial charge in [-0.2, -0.15) is 0 Å². The van der Waals surface area contributed by atoms with Crippen molar-refractivity contribution >= 4 is 33.7 Å². The van der Waals surface area contributed by atoms with Gasteiger partial charge >= 0.3 is 0 Å². The van der Waals surface area contributed by atoms with E-state index in [1.807, 2.05) is 53.2 Å². The molecule has 0 spiro atoms. The van der Waals surface area contributed by atoms with Crippen LogP contribution in [0.1, 0.15) is 12.0 Å². The van der Waals surface area contributed by atoms with Crippen molar-refractivity contribution in [2.45, 2.75) is 12.8 Å². The minimum absolute atomic E-state index is 0.00549. The van der Waals surface area contributed by atoms with Crippen molar-refractivity contribution < 1.29 is 4.79 Å². The summed E-state index contributed by atoms with van der Waals surface area (Å²) in [5.74, 6) is 0.00549. The van der Waals surface area contributed by atoms with Gasteiger partial charge in [0.25, 0.3) is 0 Å². The fraction of sp³-hybridized carbons (Fsp3) is 0.125. The highest BCUT2D eigenvalue weighted by atomic mass is 32.1. The van der Waals surface area contributed by atoms with Crippen LogP contribution in [0, 0.1) is 0 Å². The number of nitrogens with one attached hydrogen (secondary N) is 1. The second-order valence-electron chi connectivity index (χ2n) is 4.55. The summed E-state index contributed by atoms with van der Waals surface area (Å²) in [6.07, 6.45) is 1.22. The van der Waals surface area contributed by atoms with Crippen molar-refractivity contribution in [2.24, 2.45) is 0 Å². The molecule has 2 aromatic heterocycles. The Hall–Kier alpha value is -1.98. The Labute approximate surface area is 131 Å². The van der Waals surface area contributed by atoms with Crippen molar-refractivity contribution in [2.75, 3.05) is 5.32 Å². The van der Waals surface area contributed by atoms with Crippen LogP contribution in [0.5, 0.6) is 0 Å². The van der Waals surface area contributed by atoms with Crippen LogP contribution in [-0.2, 0) is 11.2 Å². The Morgan fingerprint density at radius 2 is 1.95 bits per heavy atom. The first kappa shape index (κ1) is 14.0. The zero-order valence-electron chi connectivity index (χ0n) is 11.3. The van der Waals surface area contributed by atoms with E-state index >= 15 is 0 Å². The largest absolute Gasteiger partial charge is 0.302 e. The lowest BCUT2D eigenvalue weighted by Crippen LogP contribution is -2.12. The van der Waals surface area contributed by atoms with Gasteiger partial charge in [0, 0.05) is 11.8 Å². The summed E-state index contributed by atoms with van der Waals surface area (Å²) in [7, 11) is 0. The highest BCUT2D eigenvalue weighted by Crippen LogP contribution is 2.28. The molecular weight excluding hydrogens is 300 g/mol. The Morgan fingerprint density at radius 1 is 1.10 bits per heavy atom. The molecule has 0 aliphatic heterocycles. The first-order chi connectivity index (χ1) is 10.3. The number of nitrogens with zero attached hydrogens (tertiary/aromatic N) is 1. The monoisotopic (exact) mass is 314 g/mol.